The Bertz CT molecular complexity index is 211. The van der Waals surface area contributed by atoms with Crippen molar-refractivity contribution in [3.63, 3.8) is 0 Å². The van der Waals surface area contributed by atoms with Gasteiger partial charge in [-0.15, -0.1) is 0 Å². The molecule has 0 aromatic heterocycles. The Kier molecular flexibility index (Phi) is 14.2. The van der Waals surface area contributed by atoms with Crippen LogP contribution in [0.15, 0.2) is 0 Å². The Balaban J connectivity index is 0. The van der Waals surface area contributed by atoms with Gasteiger partial charge in [0.25, 0.3) is 0 Å². The smallest absolute Gasteiger partial charge is 0.550 e. The molecule has 0 aliphatic heterocycles. The van der Waals surface area contributed by atoms with E-state index in [1.165, 1.54) is 6.92 Å². The molecule has 0 saturated carbocycles. The molecule has 2 unspecified atom stereocenters. The predicted molar refractivity (Wildman–Crippen MR) is 57.9 cm³/mol. The number of aliphatic hydroxyl groups is 1. The van der Waals surface area contributed by atoms with Gasteiger partial charge in [-0.25, -0.2) is 0 Å². The Hall–Kier alpha value is 0.530. The van der Waals surface area contributed by atoms with E-state index in [0.717, 1.165) is 25.4 Å². The summed E-state index contributed by atoms with van der Waals surface area (Å²) in [5, 5.41) is 18.9. The van der Waals surface area contributed by atoms with Crippen molar-refractivity contribution in [2.24, 2.45) is 5.92 Å². The molecule has 0 aromatic rings. The van der Waals surface area contributed by atoms with Gasteiger partial charge in [-0.2, -0.15) is 0 Å². The largest absolute Gasteiger partial charge is 1.00 e. The third-order valence-electron chi connectivity index (χ3n) is 2.05. The van der Waals surface area contributed by atoms with Gasteiger partial charge in [0, 0.05) is 24.9 Å². The van der Waals surface area contributed by atoms with Crippen LogP contribution in [0.3, 0.4) is 0 Å². The quantitative estimate of drug-likeness (QED) is 0.273. The molecule has 2 atom stereocenters. The molecule has 0 amide bonds. The van der Waals surface area contributed by atoms with Crippen LogP contribution in [-0.2, 0) is 9.59 Å². The molecule has 0 saturated heterocycles. The second-order valence-electron chi connectivity index (χ2n) is 3.56. The van der Waals surface area contributed by atoms with E-state index in [-0.39, 0.29) is 56.7 Å². The second kappa shape index (κ2) is 12.0. The maximum atomic E-state index is 11.3. The Morgan fingerprint density at radius 2 is 1.94 bits per heavy atom. The number of unbranched alkanes of at least 4 members (excludes halogenated alkanes) is 2. The number of carbonyl (C=O) groups is 2. The summed E-state index contributed by atoms with van der Waals surface area (Å²) >= 11 is 0. The van der Waals surface area contributed by atoms with E-state index >= 15 is 0 Å². The SMILES string of the molecule is CC(CC(=O)PCCCCCO)C(=O)[O-].[Na+]. The third kappa shape index (κ3) is 11.0. The molecule has 0 aliphatic rings. The number of hydrogen-bond acceptors (Lipinski definition) is 4. The van der Waals surface area contributed by atoms with Crippen molar-refractivity contribution in [2.75, 3.05) is 12.8 Å². The average Bonchev–Trinajstić information content (AvgIpc) is 2.17. The average molecular weight is 256 g/mol. The van der Waals surface area contributed by atoms with Gasteiger partial charge >= 0.3 is 29.6 Å². The fraction of sp³-hybridized carbons (Fsp3) is 0.800. The zero-order chi connectivity index (χ0) is 11.7. The first kappa shape index (κ1) is 18.9. The third-order valence-corrected chi connectivity index (χ3v) is 3.25. The standard InChI is InChI=1S/C10H19O4P.Na/c1-8(10(13)14)7-9(12)15-6-4-2-3-5-11;/h8,11,15H,2-7H2,1H3,(H,13,14);/q;+1/p-1. The first-order valence-electron chi connectivity index (χ1n) is 5.16. The van der Waals surface area contributed by atoms with Gasteiger partial charge in [0.05, 0.1) is 0 Å². The molecule has 16 heavy (non-hydrogen) atoms. The van der Waals surface area contributed by atoms with E-state index in [1.54, 1.807) is 0 Å². The predicted octanol–water partition coefficient (Wildman–Crippen LogP) is -2.87. The van der Waals surface area contributed by atoms with Crippen LogP contribution in [0.2, 0.25) is 0 Å². The van der Waals surface area contributed by atoms with Gasteiger partial charge < -0.3 is 15.0 Å². The van der Waals surface area contributed by atoms with Gasteiger partial charge in [-0.05, 0) is 19.0 Å². The molecule has 0 bridgehead atoms. The number of carbonyl (C=O) groups excluding carboxylic acids is 2. The number of hydrogen-bond donors (Lipinski definition) is 1. The monoisotopic (exact) mass is 256 g/mol. The van der Waals surface area contributed by atoms with Crippen LogP contribution in [0, 0.1) is 5.92 Å². The Labute approximate surface area is 120 Å². The van der Waals surface area contributed by atoms with E-state index in [0.29, 0.717) is 0 Å². The van der Waals surface area contributed by atoms with Crippen molar-refractivity contribution < 1.29 is 49.4 Å². The Morgan fingerprint density at radius 1 is 1.31 bits per heavy atom. The first-order chi connectivity index (χ1) is 7.07. The summed E-state index contributed by atoms with van der Waals surface area (Å²) in [5.74, 6) is -1.84. The number of aliphatic carboxylic acids is 1. The summed E-state index contributed by atoms with van der Waals surface area (Å²) in [6.07, 6.45) is 3.50. The van der Waals surface area contributed by atoms with E-state index in [9.17, 15) is 14.7 Å². The van der Waals surface area contributed by atoms with Gasteiger partial charge in [-0.1, -0.05) is 21.9 Å². The molecule has 0 fully saturated rings. The van der Waals surface area contributed by atoms with Crippen molar-refractivity contribution in [1.29, 1.82) is 0 Å². The van der Waals surface area contributed by atoms with Crippen molar-refractivity contribution in [3.8, 4) is 0 Å². The summed E-state index contributed by atoms with van der Waals surface area (Å²) < 4.78 is 0. The van der Waals surface area contributed by atoms with Crippen LogP contribution in [0.5, 0.6) is 0 Å². The molecule has 6 heteroatoms. The summed E-state index contributed by atoms with van der Waals surface area (Å²) in [7, 11) is 0.191. The normalized spacial score (nSPS) is 12.4. The topological polar surface area (TPSA) is 77.4 Å². The molecule has 0 aliphatic carbocycles. The van der Waals surface area contributed by atoms with Crippen LogP contribution in [-0.4, -0.2) is 29.4 Å². The van der Waals surface area contributed by atoms with Crippen LogP contribution >= 0.6 is 8.58 Å². The minimum absolute atomic E-state index is 0. The minimum Gasteiger partial charge on any atom is -0.550 e. The van der Waals surface area contributed by atoms with Crippen molar-refractivity contribution >= 4 is 20.1 Å². The molecular weight excluding hydrogens is 238 g/mol. The molecule has 0 aromatic carbocycles. The molecular formula is C10H18NaO4P. The van der Waals surface area contributed by atoms with Crippen LogP contribution in [0.4, 0.5) is 0 Å². The van der Waals surface area contributed by atoms with E-state index in [2.05, 4.69) is 0 Å². The van der Waals surface area contributed by atoms with Crippen molar-refractivity contribution in [2.45, 2.75) is 32.6 Å². The minimum atomic E-state index is -1.16. The molecule has 0 heterocycles. The van der Waals surface area contributed by atoms with E-state index < -0.39 is 11.9 Å². The number of carboxylic acids is 1. The Morgan fingerprint density at radius 3 is 2.44 bits per heavy atom. The fourth-order valence-electron chi connectivity index (χ4n) is 1.07. The van der Waals surface area contributed by atoms with E-state index in [1.807, 2.05) is 0 Å². The zero-order valence-electron chi connectivity index (χ0n) is 9.99. The molecule has 4 nitrogen and oxygen atoms in total. The van der Waals surface area contributed by atoms with Crippen molar-refractivity contribution in [1.82, 2.24) is 0 Å². The van der Waals surface area contributed by atoms with Gasteiger partial charge in [0.1, 0.15) is 0 Å². The fourth-order valence-corrected chi connectivity index (χ4v) is 2.23. The number of carboxylic acid groups (broad SMARTS) is 1. The van der Waals surface area contributed by atoms with Crippen LogP contribution < -0.4 is 34.7 Å². The summed E-state index contributed by atoms with van der Waals surface area (Å²) in [6, 6.07) is 0. The summed E-state index contributed by atoms with van der Waals surface area (Å²) in [6.45, 7) is 1.68. The summed E-state index contributed by atoms with van der Waals surface area (Å²) in [4.78, 5) is 21.6. The zero-order valence-corrected chi connectivity index (χ0v) is 13.0. The van der Waals surface area contributed by atoms with Gasteiger partial charge in [0.2, 0.25) is 0 Å². The number of aliphatic hydroxyl groups excluding tert-OH is 1. The summed E-state index contributed by atoms with van der Waals surface area (Å²) in [5.41, 5.74) is 0.00991. The van der Waals surface area contributed by atoms with Crippen LogP contribution in [0.25, 0.3) is 0 Å². The first-order valence-corrected chi connectivity index (χ1v) is 6.37. The van der Waals surface area contributed by atoms with Crippen LogP contribution in [0.1, 0.15) is 32.6 Å². The van der Waals surface area contributed by atoms with Crippen molar-refractivity contribution in [3.05, 3.63) is 0 Å². The molecule has 0 rings (SSSR count). The maximum Gasteiger partial charge on any atom is 1.00 e. The molecule has 0 spiro atoms. The van der Waals surface area contributed by atoms with Gasteiger partial charge in [-0.3, -0.25) is 4.79 Å². The second-order valence-corrected chi connectivity index (χ2v) is 4.97. The molecule has 1 N–H and O–H groups in total. The molecule has 0 radical (unpaired) electrons. The number of rotatable bonds is 9. The maximum absolute atomic E-state index is 11.3. The van der Waals surface area contributed by atoms with Gasteiger partial charge in [0.15, 0.2) is 5.52 Å². The van der Waals surface area contributed by atoms with E-state index in [4.69, 9.17) is 5.11 Å². The molecule has 88 valence electrons.